The lowest BCUT2D eigenvalue weighted by Crippen LogP contribution is -2.55. The van der Waals surface area contributed by atoms with Crippen molar-refractivity contribution in [1.82, 2.24) is 34.9 Å². The number of piperazine rings is 1. The Morgan fingerprint density at radius 3 is 2.51 bits per heavy atom. The van der Waals surface area contributed by atoms with Crippen LogP contribution in [0.5, 0.6) is 11.5 Å². The highest BCUT2D eigenvalue weighted by Crippen LogP contribution is 2.34. The number of rotatable bonds is 13. The van der Waals surface area contributed by atoms with Gasteiger partial charge in [-0.2, -0.15) is 10.2 Å². The molecular weight excluding hydrogens is 621 g/mol. The Morgan fingerprint density at radius 2 is 1.83 bits per heavy atom. The predicted molar refractivity (Wildman–Crippen MR) is 178 cm³/mol. The van der Waals surface area contributed by atoms with Crippen LogP contribution in [-0.2, 0) is 29.2 Å². The van der Waals surface area contributed by atoms with Crippen molar-refractivity contribution in [2.75, 3.05) is 32.8 Å². The topological polar surface area (TPSA) is 135 Å². The number of halogens is 1. The minimum absolute atomic E-state index is 0.00868. The van der Waals surface area contributed by atoms with Crippen LogP contribution in [0.2, 0.25) is 25.7 Å². The third-order valence-corrected chi connectivity index (χ3v) is 9.83. The molecule has 5 rings (SSSR count). The number of carbonyl (C=O) groups excluding carboxylic acids is 1. The number of hydrogen-bond acceptors (Lipinski definition) is 8. The number of nitrogens with zero attached hydrogens (tertiary/aromatic N) is 6. The number of nitrogens with one attached hydrogen (secondary N) is 1. The van der Waals surface area contributed by atoms with E-state index < -0.39 is 26.0 Å². The number of amides is 2. The van der Waals surface area contributed by atoms with Crippen LogP contribution in [0.3, 0.4) is 0 Å². The molecule has 0 aliphatic carbocycles. The van der Waals surface area contributed by atoms with E-state index in [9.17, 15) is 14.7 Å². The number of carbonyl (C=O) groups is 2. The summed E-state index contributed by atoms with van der Waals surface area (Å²) in [4.78, 5) is 33.4. The summed E-state index contributed by atoms with van der Waals surface area (Å²) in [5.74, 6) is -0.503. The van der Waals surface area contributed by atoms with Crippen LogP contribution in [0.1, 0.15) is 16.7 Å². The second-order valence-electron chi connectivity index (χ2n) is 13.1. The molecule has 0 unspecified atom stereocenters. The molecule has 0 spiro atoms. The van der Waals surface area contributed by atoms with Gasteiger partial charge in [-0.15, -0.1) is 0 Å². The molecule has 0 bridgehead atoms. The number of carboxylic acid groups (broad SMARTS) is 1. The minimum Gasteiger partial charge on any atom is -0.465 e. The van der Waals surface area contributed by atoms with Gasteiger partial charge in [0.2, 0.25) is 5.91 Å². The van der Waals surface area contributed by atoms with E-state index in [0.717, 1.165) is 22.6 Å². The van der Waals surface area contributed by atoms with E-state index in [1.807, 2.05) is 23.8 Å². The van der Waals surface area contributed by atoms with Gasteiger partial charge in [0.25, 0.3) is 0 Å². The van der Waals surface area contributed by atoms with Crippen molar-refractivity contribution in [2.24, 2.45) is 0 Å². The molecule has 4 heterocycles. The molecule has 47 heavy (non-hydrogen) atoms. The van der Waals surface area contributed by atoms with E-state index in [4.69, 9.17) is 9.47 Å². The summed E-state index contributed by atoms with van der Waals surface area (Å²) in [7, 11) is -1.21. The molecule has 2 amide bonds. The van der Waals surface area contributed by atoms with Crippen molar-refractivity contribution in [2.45, 2.75) is 58.3 Å². The minimum atomic E-state index is -1.32. The van der Waals surface area contributed by atoms with E-state index in [1.165, 1.54) is 12.1 Å². The van der Waals surface area contributed by atoms with Crippen LogP contribution < -0.4 is 10.1 Å². The van der Waals surface area contributed by atoms with E-state index >= 15 is 4.39 Å². The summed E-state index contributed by atoms with van der Waals surface area (Å²) in [6.45, 7) is 12.7. The summed E-state index contributed by atoms with van der Waals surface area (Å²) in [6, 6.07) is 8.01. The Kier molecular flexibility index (Phi) is 10.8. The van der Waals surface area contributed by atoms with E-state index in [1.54, 1.807) is 35.6 Å². The number of benzene rings is 1. The Hall–Kier alpha value is -4.40. The molecule has 1 saturated heterocycles. The molecule has 1 aromatic carbocycles. The molecular formula is C33H42FN7O5Si. The van der Waals surface area contributed by atoms with E-state index in [0.29, 0.717) is 63.0 Å². The van der Waals surface area contributed by atoms with Crippen molar-refractivity contribution in [3.63, 3.8) is 0 Å². The highest BCUT2D eigenvalue weighted by atomic mass is 28.3. The number of aromatic nitrogens is 4. The fourth-order valence-electron chi connectivity index (χ4n) is 5.58. The lowest BCUT2D eigenvalue weighted by atomic mass is 10.0. The molecule has 2 N–H and O–H groups in total. The molecule has 1 fully saturated rings. The van der Waals surface area contributed by atoms with Crippen LogP contribution in [0.15, 0.2) is 55.1 Å². The van der Waals surface area contributed by atoms with Gasteiger partial charge in [0.15, 0.2) is 11.6 Å². The lowest BCUT2D eigenvalue weighted by molar-refractivity contribution is -0.135. The Morgan fingerprint density at radius 1 is 1.04 bits per heavy atom. The highest BCUT2D eigenvalue weighted by molar-refractivity contribution is 6.76. The van der Waals surface area contributed by atoms with Gasteiger partial charge in [-0.25, -0.2) is 14.2 Å². The zero-order valence-corrected chi connectivity index (χ0v) is 28.3. The van der Waals surface area contributed by atoms with Gasteiger partial charge in [-0.1, -0.05) is 25.7 Å². The highest BCUT2D eigenvalue weighted by Gasteiger charge is 2.29. The number of fused-ring (bicyclic) bond motifs is 1. The van der Waals surface area contributed by atoms with Crippen LogP contribution in [0, 0.1) is 12.7 Å². The molecule has 250 valence electrons. The van der Waals surface area contributed by atoms with Gasteiger partial charge < -0.3 is 29.4 Å². The molecule has 1 atom stereocenters. The second kappa shape index (κ2) is 15.0. The van der Waals surface area contributed by atoms with Crippen LogP contribution >= 0.6 is 0 Å². The Bertz CT molecular complexity index is 1690. The van der Waals surface area contributed by atoms with Crippen molar-refractivity contribution in [3.8, 4) is 11.5 Å². The average molecular weight is 664 g/mol. The summed E-state index contributed by atoms with van der Waals surface area (Å²) in [6.07, 6.45) is 5.59. The van der Waals surface area contributed by atoms with Crippen LogP contribution in [-0.4, -0.2) is 93.6 Å². The summed E-state index contributed by atoms with van der Waals surface area (Å²) in [5, 5.41) is 20.3. The fraction of sp³-hybridized carbons (Fsp3) is 0.424. The zero-order chi connectivity index (χ0) is 33.6. The van der Waals surface area contributed by atoms with Crippen molar-refractivity contribution < 1.29 is 28.6 Å². The van der Waals surface area contributed by atoms with Crippen molar-refractivity contribution >= 4 is 31.1 Å². The fourth-order valence-corrected chi connectivity index (χ4v) is 6.34. The second-order valence-corrected chi connectivity index (χ2v) is 18.7. The molecule has 1 aliphatic rings. The SMILES string of the molecule is Cc1cn(COCC[Si](C)(C)C)c2nccc(Oc3ccc(C[C@H](NC(=O)O)C(=O)N4CCN(Cc5ccnnc5)CC4)cc3F)c12. The third kappa shape index (κ3) is 9.11. The summed E-state index contributed by atoms with van der Waals surface area (Å²) in [5.41, 5.74) is 3.09. The summed E-state index contributed by atoms with van der Waals surface area (Å²) >= 11 is 0. The number of aryl methyl sites for hydroxylation is 1. The first-order chi connectivity index (χ1) is 22.5. The monoisotopic (exact) mass is 663 g/mol. The number of pyridine rings is 1. The largest absolute Gasteiger partial charge is 0.465 e. The van der Waals surface area contributed by atoms with Gasteiger partial charge in [-0.3, -0.25) is 9.69 Å². The third-order valence-electron chi connectivity index (χ3n) is 8.12. The van der Waals surface area contributed by atoms with Gasteiger partial charge in [0, 0.05) is 72.4 Å². The lowest BCUT2D eigenvalue weighted by Gasteiger charge is -2.36. The van der Waals surface area contributed by atoms with Gasteiger partial charge in [-0.05, 0) is 53.9 Å². The van der Waals surface area contributed by atoms with Crippen LogP contribution in [0.4, 0.5) is 9.18 Å². The van der Waals surface area contributed by atoms with E-state index in [-0.39, 0.29) is 18.1 Å². The standard InChI is InChI=1S/C33H42FN7O5Si/c1-23-20-41(22-45-15-16-47(2,3)4)31-30(23)29(8-9-35-31)46-28-6-5-24(17-26(28)34)18-27(38-33(43)44)32(42)40-13-11-39(12-14-40)21-25-7-10-36-37-19-25/h5-10,17,19-20,27,38H,11-16,18,21-22H2,1-4H3,(H,43,44)/t27-/m0/s1. The van der Waals surface area contributed by atoms with E-state index in [2.05, 4.69) is 45.0 Å². The molecule has 1 aliphatic heterocycles. The smallest absolute Gasteiger partial charge is 0.405 e. The van der Waals surface area contributed by atoms with Gasteiger partial charge in [0.05, 0.1) is 11.6 Å². The first-order valence-corrected chi connectivity index (χ1v) is 19.4. The normalized spacial score (nSPS) is 14.7. The van der Waals surface area contributed by atoms with Gasteiger partial charge in [0.1, 0.15) is 24.2 Å². The number of ether oxygens (including phenoxy) is 2. The maximum absolute atomic E-state index is 15.4. The van der Waals surface area contributed by atoms with Crippen LogP contribution in [0.25, 0.3) is 11.0 Å². The average Bonchev–Trinajstić information content (AvgIpc) is 3.36. The molecule has 0 radical (unpaired) electrons. The Labute approximate surface area is 274 Å². The first kappa shape index (κ1) is 33.9. The maximum atomic E-state index is 15.4. The Balaban J connectivity index is 1.23. The predicted octanol–water partition coefficient (Wildman–Crippen LogP) is 4.90. The zero-order valence-electron chi connectivity index (χ0n) is 27.3. The summed E-state index contributed by atoms with van der Waals surface area (Å²) < 4.78 is 29.3. The molecule has 0 saturated carbocycles. The molecule has 12 nitrogen and oxygen atoms in total. The molecule has 3 aromatic heterocycles. The quantitative estimate of drug-likeness (QED) is 0.151. The molecule has 4 aromatic rings. The first-order valence-electron chi connectivity index (χ1n) is 15.7. The van der Waals surface area contributed by atoms with Gasteiger partial charge >= 0.3 is 6.09 Å². The number of hydrogen-bond donors (Lipinski definition) is 2. The maximum Gasteiger partial charge on any atom is 0.405 e. The van der Waals surface area contributed by atoms with Crippen molar-refractivity contribution in [3.05, 3.63) is 77.6 Å². The van der Waals surface area contributed by atoms with Crippen molar-refractivity contribution in [1.29, 1.82) is 0 Å². The molecule has 14 heteroatoms.